The van der Waals surface area contributed by atoms with Crippen molar-refractivity contribution >= 4 is 0 Å². The van der Waals surface area contributed by atoms with Crippen LogP contribution in [-0.4, -0.2) is 50.9 Å². The quantitative estimate of drug-likeness (QED) is 0.853. The second-order valence-corrected chi connectivity index (χ2v) is 7.37. The van der Waals surface area contributed by atoms with Crippen LogP contribution in [0, 0.1) is 11.8 Å². The molecule has 2 fully saturated rings. The topological polar surface area (TPSA) is 63.2 Å². The molecule has 0 saturated carbocycles. The maximum absolute atomic E-state index is 6.25. The highest BCUT2D eigenvalue weighted by Crippen LogP contribution is 2.19. The Hall–Kier alpha value is -1.14. The zero-order valence-electron chi connectivity index (χ0n) is 14.0. The van der Waals surface area contributed by atoms with E-state index in [-0.39, 0.29) is 0 Å². The fraction of sp³-hybridized carbons (Fsp3) is 0.875. The third-order valence-electron chi connectivity index (χ3n) is 5.05. The summed E-state index contributed by atoms with van der Waals surface area (Å²) in [4.78, 5) is 4.91. The normalized spacial score (nSPS) is 28.1. The molecule has 2 unspecified atom stereocenters. The van der Waals surface area contributed by atoms with Crippen LogP contribution >= 0.6 is 0 Å². The maximum atomic E-state index is 6.25. The van der Waals surface area contributed by atoms with E-state index in [1.807, 2.05) is 0 Å². The second-order valence-electron chi connectivity index (χ2n) is 7.37. The van der Waals surface area contributed by atoms with Gasteiger partial charge in [0.1, 0.15) is 0 Å². The Labute approximate surface area is 133 Å². The minimum Gasteiger partial charge on any atom is -0.336 e. The van der Waals surface area contributed by atoms with Gasteiger partial charge >= 0.3 is 0 Å². The smallest absolute Gasteiger partial charge is 0.165 e. The first-order chi connectivity index (χ1) is 10.6. The number of likely N-dealkylation sites (tertiary alicyclic amines) is 2. The molecule has 0 bridgehead atoms. The van der Waals surface area contributed by atoms with Crippen LogP contribution in [0.4, 0.5) is 0 Å². The van der Waals surface area contributed by atoms with Crippen molar-refractivity contribution in [3.8, 4) is 0 Å². The number of nitrogens with two attached hydrogens (primary N) is 1. The van der Waals surface area contributed by atoms with Crippen molar-refractivity contribution in [3.63, 3.8) is 0 Å². The van der Waals surface area contributed by atoms with Crippen molar-refractivity contribution in [2.75, 3.05) is 32.0 Å². The molecule has 2 aliphatic rings. The van der Waals surface area contributed by atoms with Crippen molar-refractivity contribution in [1.29, 1.82) is 0 Å². The average Bonchev–Trinajstić information content (AvgIpc) is 2.80. The first-order valence-electron chi connectivity index (χ1n) is 8.74. The lowest BCUT2D eigenvalue weighted by atomic mass is 10.0. The lowest BCUT2D eigenvalue weighted by molar-refractivity contribution is 0.168. The molecule has 3 heterocycles. The van der Waals surface area contributed by atoms with Gasteiger partial charge in [-0.3, -0.25) is 9.80 Å². The number of nitrogen functional groups attached to an aromatic ring is 1. The number of nitrogens with zero attached hydrogens (tertiary/aromatic N) is 5. The summed E-state index contributed by atoms with van der Waals surface area (Å²) in [5.41, 5.74) is 0. The van der Waals surface area contributed by atoms with E-state index < -0.39 is 0 Å². The summed E-state index contributed by atoms with van der Waals surface area (Å²) in [5.74, 6) is 9.59. The van der Waals surface area contributed by atoms with Gasteiger partial charge in [-0.25, -0.2) is 4.68 Å². The summed E-state index contributed by atoms with van der Waals surface area (Å²) in [7, 11) is 0. The van der Waals surface area contributed by atoms with Gasteiger partial charge < -0.3 is 5.84 Å². The van der Waals surface area contributed by atoms with Crippen LogP contribution in [0.1, 0.15) is 51.2 Å². The fourth-order valence-electron chi connectivity index (χ4n) is 3.84. The first-order valence-corrected chi connectivity index (χ1v) is 8.74. The van der Waals surface area contributed by atoms with Crippen LogP contribution in [0.5, 0.6) is 0 Å². The zero-order valence-corrected chi connectivity index (χ0v) is 14.0. The van der Waals surface area contributed by atoms with Gasteiger partial charge in [0, 0.05) is 13.1 Å². The van der Waals surface area contributed by atoms with Crippen molar-refractivity contribution in [3.05, 3.63) is 11.6 Å². The monoisotopic (exact) mass is 306 g/mol. The number of aromatic nitrogens is 3. The minimum atomic E-state index is 0.775. The Morgan fingerprint density at radius 3 is 1.77 bits per heavy atom. The number of piperidine rings is 2. The molecule has 2 saturated heterocycles. The lowest BCUT2D eigenvalue weighted by Crippen LogP contribution is -2.36. The molecule has 124 valence electrons. The molecule has 0 radical (unpaired) electrons. The van der Waals surface area contributed by atoms with E-state index in [9.17, 15) is 0 Å². The molecule has 3 rings (SSSR count). The van der Waals surface area contributed by atoms with Crippen LogP contribution in [0.2, 0.25) is 0 Å². The molecular formula is C16H30N6. The van der Waals surface area contributed by atoms with Gasteiger partial charge in [-0.1, -0.05) is 13.8 Å². The zero-order chi connectivity index (χ0) is 15.5. The molecule has 0 amide bonds. The molecule has 1 aromatic heterocycles. The van der Waals surface area contributed by atoms with Gasteiger partial charge in [-0.15, -0.1) is 10.2 Å². The van der Waals surface area contributed by atoms with Gasteiger partial charge in [0.2, 0.25) is 0 Å². The molecule has 22 heavy (non-hydrogen) atoms. The van der Waals surface area contributed by atoms with Crippen molar-refractivity contribution in [2.45, 2.75) is 52.6 Å². The lowest BCUT2D eigenvalue weighted by Gasteiger charge is -2.30. The summed E-state index contributed by atoms with van der Waals surface area (Å²) in [6.07, 6.45) is 5.23. The molecule has 2 atom stereocenters. The van der Waals surface area contributed by atoms with Gasteiger partial charge in [0.25, 0.3) is 0 Å². The van der Waals surface area contributed by atoms with Crippen LogP contribution in [-0.2, 0) is 13.1 Å². The highest BCUT2D eigenvalue weighted by atomic mass is 15.4. The SMILES string of the molecule is CC1CCCN(Cc2nnc(CN3CCCC(C)C3)n2N)C1. The fourth-order valence-corrected chi connectivity index (χ4v) is 3.84. The highest BCUT2D eigenvalue weighted by Gasteiger charge is 2.22. The minimum absolute atomic E-state index is 0.775. The molecule has 6 heteroatoms. The number of hydrogen-bond acceptors (Lipinski definition) is 5. The van der Waals surface area contributed by atoms with Crippen molar-refractivity contribution in [1.82, 2.24) is 24.7 Å². The van der Waals surface area contributed by atoms with E-state index in [1.54, 1.807) is 4.68 Å². The second kappa shape index (κ2) is 6.96. The van der Waals surface area contributed by atoms with Gasteiger partial charge in [-0.05, 0) is 50.6 Å². The van der Waals surface area contributed by atoms with E-state index >= 15 is 0 Å². The number of hydrogen-bond donors (Lipinski definition) is 1. The predicted octanol–water partition coefficient (Wildman–Crippen LogP) is 1.46. The molecule has 2 aliphatic heterocycles. The van der Waals surface area contributed by atoms with E-state index in [2.05, 4.69) is 33.8 Å². The molecule has 0 spiro atoms. The summed E-state index contributed by atoms with van der Waals surface area (Å²) < 4.78 is 1.72. The van der Waals surface area contributed by atoms with Crippen LogP contribution in [0.15, 0.2) is 0 Å². The third kappa shape index (κ3) is 3.79. The molecule has 0 aromatic carbocycles. The third-order valence-corrected chi connectivity index (χ3v) is 5.05. The Kier molecular flexibility index (Phi) is 4.98. The van der Waals surface area contributed by atoms with E-state index in [4.69, 9.17) is 5.84 Å². The maximum Gasteiger partial charge on any atom is 0.165 e. The van der Waals surface area contributed by atoms with E-state index in [1.165, 1.54) is 25.7 Å². The van der Waals surface area contributed by atoms with Crippen molar-refractivity contribution in [2.24, 2.45) is 11.8 Å². The van der Waals surface area contributed by atoms with Crippen LogP contribution in [0.3, 0.4) is 0 Å². The number of rotatable bonds is 4. The summed E-state index contributed by atoms with van der Waals surface area (Å²) in [6.45, 7) is 10.9. The van der Waals surface area contributed by atoms with Gasteiger partial charge in [-0.2, -0.15) is 0 Å². The molecule has 6 nitrogen and oxygen atoms in total. The van der Waals surface area contributed by atoms with E-state index in [0.717, 1.165) is 62.8 Å². The molecule has 1 aromatic rings. The Balaban J connectivity index is 1.59. The van der Waals surface area contributed by atoms with Gasteiger partial charge in [0.05, 0.1) is 13.1 Å². The molecular weight excluding hydrogens is 276 g/mol. The molecule has 0 aliphatic carbocycles. The van der Waals surface area contributed by atoms with Gasteiger partial charge in [0.15, 0.2) is 11.6 Å². The van der Waals surface area contributed by atoms with Crippen LogP contribution in [0.25, 0.3) is 0 Å². The summed E-state index contributed by atoms with van der Waals surface area (Å²) in [6, 6.07) is 0. The van der Waals surface area contributed by atoms with Crippen LogP contribution < -0.4 is 5.84 Å². The standard InChI is InChI=1S/C16H30N6/c1-13-5-3-7-20(9-13)11-15-18-19-16(22(15)17)12-21-8-4-6-14(2)10-21/h13-14H,3-12,17H2,1-2H3. The van der Waals surface area contributed by atoms with Crippen molar-refractivity contribution < 1.29 is 0 Å². The predicted molar refractivity (Wildman–Crippen MR) is 87.5 cm³/mol. The highest BCUT2D eigenvalue weighted by molar-refractivity contribution is 4.97. The Morgan fingerprint density at radius 1 is 0.909 bits per heavy atom. The summed E-state index contributed by atoms with van der Waals surface area (Å²) in [5, 5.41) is 8.68. The summed E-state index contributed by atoms with van der Waals surface area (Å²) >= 11 is 0. The largest absolute Gasteiger partial charge is 0.336 e. The molecule has 2 N–H and O–H groups in total. The Morgan fingerprint density at radius 2 is 1.36 bits per heavy atom. The first kappa shape index (κ1) is 15.7. The Bertz CT molecular complexity index is 443. The van der Waals surface area contributed by atoms with E-state index in [0.29, 0.717) is 0 Å². The average molecular weight is 306 g/mol.